The molecule has 1 N–H and O–H groups in total. The average Bonchev–Trinajstić information content (AvgIpc) is 2.29. The number of nitrogens with zero attached hydrogens (tertiary/aromatic N) is 2. The van der Waals surface area contributed by atoms with Gasteiger partial charge in [0, 0.05) is 37.2 Å². The molecular weight excluding hydrogens is 186 g/mol. The highest BCUT2D eigenvalue weighted by molar-refractivity contribution is 5.40. The predicted molar refractivity (Wildman–Crippen MR) is 65.1 cm³/mol. The van der Waals surface area contributed by atoms with Gasteiger partial charge in [-0.15, -0.1) is 0 Å². The van der Waals surface area contributed by atoms with E-state index in [9.17, 15) is 0 Å². The zero-order chi connectivity index (χ0) is 11.1. The lowest BCUT2D eigenvalue weighted by atomic mass is 10.2. The van der Waals surface area contributed by atoms with Crippen LogP contribution in [0.25, 0.3) is 0 Å². The number of hydrogen-bond acceptors (Lipinski definition) is 3. The van der Waals surface area contributed by atoms with Gasteiger partial charge in [-0.05, 0) is 32.5 Å². The second kappa shape index (κ2) is 6.40. The van der Waals surface area contributed by atoms with Crippen molar-refractivity contribution in [1.82, 2.24) is 9.88 Å². The zero-order valence-corrected chi connectivity index (χ0v) is 9.90. The summed E-state index contributed by atoms with van der Waals surface area (Å²) in [6, 6.07) is 4.64. The topological polar surface area (TPSA) is 28.2 Å². The van der Waals surface area contributed by atoms with Gasteiger partial charge in [0.25, 0.3) is 0 Å². The van der Waals surface area contributed by atoms with Crippen LogP contribution in [-0.4, -0.2) is 36.1 Å². The lowest BCUT2D eigenvalue weighted by Crippen LogP contribution is -2.32. The molecule has 0 spiro atoms. The fourth-order valence-corrected chi connectivity index (χ4v) is 1.38. The van der Waals surface area contributed by atoms with E-state index < -0.39 is 0 Å². The van der Waals surface area contributed by atoms with Crippen molar-refractivity contribution in [2.75, 3.05) is 25.5 Å². The van der Waals surface area contributed by atoms with Crippen molar-refractivity contribution in [1.29, 1.82) is 0 Å². The highest BCUT2D eigenvalue weighted by atomic mass is 15.1. The maximum atomic E-state index is 3.98. The zero-order valence-electron chi connectivity index (χ0n) is 9.90. The van der Waals surface area contributed by atoms with E-state index in [1.54, 1.807) is 12.4 Å². The molecule has 84 valence electrons. The Labute approximate surface area is 92.5 Å². The van der Waals surface area contributed by atoms with Gasteiger partial charge in [-0.3, -0.25) is 4.98 Å². The molecule has 0 saturated carbocycles. The Morgan fingerprint density at radius 2 is 2.07 bits per heavy atom. The largest absolute Gasteiger partial charge is 0.384 e. The third kappa shape index (κ3) is 4.30. The Morgan fingerprint density at radius 1 is 1.40 bits per heavy atom. The molecule has 15 heavy (non-hydrogen) atoms. The number of nitrogens with one attached hydrogen (secondary N) is 1. The van der Waals surface area contributed by atoms with Gasteiger partial charge in [-0.1, -0.05) is 6.92 Å². The van der Waals surface area contributed by atoms with Gasteiger partial charge in [0.2, 0.25) is 0 Å². The molecule has 0 amide bonds. The van der Waals surface area contributed by atoms with E-state index in [1.807, 2.05) is 12.1 Å². The van der Waals surface area contributed by atoms with E-state index in [0.29, 0.717) is 6.04 Å². The molecule has 0 bridgehead atoms. The van der Waals surface area contributed by atoms with Crippen molar-refractivity contribution in [3.8, 4) is 0 Å². The number of hydrogen-bond donors (Lipinski definition) is 1. The molecule has 1 rings (SSSR count). The Hall–Kier alpha value is -1.09. The maximum Gasteiger partial charge on any atom is 0.0371 e. The monoisotopic (exact) mass is 207 g/mol. The molecule has 0 aliphatic rings. The molecule has 3 nitrogen and oxygen atoms in total. The quantitative estimate of drug-likeness (QED) is 0.775. The van der Waals surface area contributed by atoms with Crippen LogP contribution in [0.5, 0.6) is 0 Å². The van der Waals surface area contributed by atoms with Gasteiger partial charge >= 0.3 is 0 Å². The fraction of sp³-hybridized carbons (Fsp3) is 0.583. The second-order valence-electron chi connectivity index (χ2n) is 3.90. The van der Waals surface area contributed by atoms with E-state index >= 15 is 0 Å². The minimum absolute atomic E-state index is 0.657. The molecule has 1 heterocycles. The van der Waals surface area contributed by atoms with Gasteiger partial charge < -0.3 is 10.2 Å². The third-order valence-electron chi connectivity index (χ3n) is 2.82. The molecular formula is C12H21N3. The molecule has 0 saturated heterocycles. The number of aromatic nitrogens is 1. The van der Waals surface area contributed by atoms with Crippen molar-refractivity contribution in [3.05, 3.63) is 24.5 Å². The first-order valence-electron chi connectivity index (χ1n) is 5.58. The van der Waals surface area contributed by atoms with Gasteiger partial charge in [0.1, 0.15) is 0 Å². The number of anilines is 1. The smallest absolute Gasteiger partial charge is 0.0371 e. The Kier molecular flexibility index (Phi) is 5.12. The fourth-order valence-electron chi connectivity index (χ4n) is 1.38. The summed E-state index contributed by atoms with van der Waals surface area (Å²) in [6.45, 7) is 6.52. The normalized spacial score (nSPS) is 12.8. The molecule has 1 aromatic heterocycles. The molecule has 0 fully saturated rings. The lowest BCUT2D eigenvalue weighted by molar-refractivity contribution is 0.261. The van der Waals surface area contributed by atoms with Crippen LogP contribution in [0.15, 0.2) is 24.5 Å². The van der Waals surface area contributed by atoms with Crippen LogP contribution in [-0.2, 0) is 0 Å². The summed E-state index contributed by atoms with van der Waals surface area (Å²) in [6.07, 6.45) is 4.81. The van der Waals surface area contributed by atoms with Crippen LogP contribution < -0.4 is 5.32 Å². The highest BCUT2D eigenvalue weighted by Crippen LogP contribution is 2.03. The first-order chi connectivity index (χ1) is 7.24. The summed E-state index contributed by atoms with van der Waals surface area (Å²) in [5, 5.41) is 3.37. The molecule has 0 aromatic carbocycles. The summed E-state index contributed by atoms with van der Waals surface area (Å²) < 4.78 is 0. The number of likely N-dealkylation sites (N-methyl/N-ethyl adjacent to an activating group) is 1. The van der Waals surface area contributed by atoms with Crippen molar-refractivity contribution < 1.29 is 0 Å². The summed E-state index contributed by atoms with van der Waals surface area (Å²) in [4.78, 5) is 6.35. The average molecular weight is 207 g/mol. The predicted octanol–water partition coefficient (Wildman–Crippen LogP) is 2.22. The molecule has 0 aliphatic heterocycles. The van der Waals surface area contributed by atoms with E-state index in [-0.39, 0.29) is 0 Å². The molecule has 1 atom stereocenters. The summed E-state index contributed by atoms with van der Waals surface area (Å²) >= 11 is 0. The molecule has 0 aliphatic carbocycles. The van der Waals surface area contributed by atoms with Crippen LogP contribution in [0.4, 0.5) is 5.69 Å². The first-order valence-corrected chi connectivity index (χ1v) is 5.58. The minimum atomic E-state index is 0.657. The highest BCUT2D eigenvalue weighted by Gasteiger charge is 2.04. The Balaban J connectivity index is 2.22. The minimum Gasteiger partial charge on any atom is -0.384 e. The van der Waals surface area contributed by atoms with Crippen molar-refractivity contribution in [2.45, 2.75) is 26.3 Å². The van der Waals surface area contributed by atoms with Crippen LogP contribution in [0.1, 0.15) is 20.3 Å². The van der Waals surface area contributed by atoms with Gasteiger partial charge in [-0.2, -0.15) is 0 Å². The molecule has 0 radical (unpaired) electrons. The molecule has 1 unspecified atom stereocenters. The second-order valence-corrected chi connectivity index (χ2v) is 3.90. The van der Waals surface area contributed by atoms with Crippen LogP contribution in [0, 0.1) is 0 Å². The van der Waals surface area contributed by atoms with E-state index in [2.05, 4.69) is 36.1 Å². The molecule has 1 aromatic rings. The number of pyridine rings is 1. The van der Waals surface area contributed by atoms with Gasteiger partial charge in [0.05, 0.1) is 0 Å². The van der Waals surface area contributed by atoms with Crippen LogP contribution >= 0.6 is 0 Å². The SMILES string of the molecule is CCC(C)N(C)CCNc1ccncc1. The first kappa shape index (κ1) is 12.0. The van der Waals surface area contributed by atoms with Gasteiger partial charge in [0.15, 0.2) is 0 Å². The summed E-state index contributed by atoms with van der Waals surface area (Å²) in [5.41, 5.74) is 1.14. The molecule has 3 heteroatoms. The maximum absolute atomic E-state index is 3.98. The number of rotatable bonds is 6. The van der Waals surface area contributed by atoms with E-state index in [4.69, 9.17) is 0 Å². The summed E-state index contributed by atoms with van der Waals surface area (Å²) in [5.74, 6) is 0. The van der Waals surface area contributed by atoms with Crippen molar-refractivity contribution in [3.63, 3.8) is 0 Å². The Bertz CT molecular complexity index is 261. The lowest BCUT2D eigenvalue weighted by Gasteiger charge is -2.23. The van der Waals surface area contributed by atoms with Crippen molar-refractivity contribution >= 4 is 5.69 Å². The third-order valence-corrected chi connectivity index (χ3v) is 2.82. The Morgan fingerprint density at radius 3 is 2.67 bits per heavy atom. The van der Waals surface area contributed by atoms with E-state index in [0.717, 1.165) is 18.8 Å². The van der Waals surface area contributed by atoms with Crippen LogP contribution in [0.2, 0.25) is 0 Å². The van der Waals surface area contributed by atoms with E-state index in [1.165, 1.54) is 6.42 Å². The summed E-state index contributed by atoms with van der Waals surface area (Å²) in [7, 11) is 2.17. The van der Waals surface area contributed by atoms with Gasteiger partial charge in [-0.25, -0.2) is 0 Å². The standard InChI is InChI=1S/C12H21N3/c1-4-11(2)15(3)10-9-14-12-5-7-13-8-6-12/h5-8,11H,4,9-10H2,1-3H3,(H,13,14). The van der Waals surface area contributed by atoms with Crippen molar-refractivity contribution in [2.24, 2.45) is 0 Å². The van der Waals surface area contributed by atoms with Crippen LogP contribution in [0.3, 0.4) is 0 Å².